The van der Waals surface area contributed by atoms with Crippen molar-refractivity contribution >= 4 is 17.3 Å². The van der Waals surface area contributed by atoms with Crippen LogP contribution in [0, 0.1) is 21.4 Å². The Bertz CT molecular complexity index is 538. The molecule has 1 rings (SSSR count). The lowest BCUT2D eigenvalue weighted by molar-refractivity contribution is -0.384. The topological polar surface area (TPSA) is 125 Å². The Morgan fingerprint density at radius 3 is 2.84 bits per heavy atom. The third-order valence-electron chi connectivity index (χ3n) is 2.52. The normalized spacial score (nSPS) is 9.53. The zero-order chi connectivity index (χ0) is 14.4. The number of carbonyl (C=O) groups excluding carboxylic acids is 1. The van der Waals surface area contributed by atoms with Crippen LogP contribution in [0.2, 0.25) is 0 Å². The van der Waals surface area contributed by atoms with Crippen LogP contribution >= 0.6 is 0 Å². The van der Waals surface area contributed by atoms with Crippen LogP contribution in [-0.4, -0.2) is 29.3 Å². The second-order valence-corrected chi connectivity index (χ2v) is 3.74. The average molecular weight is 263 g/mol. The molecule has 8 heteroatoms. The number of nitrogens with one attached hydrogen (secondary N) is 1. The van der Waals surface area contributed by atoms with E-state index in [-0.39, 0.29) is 29.9 Å². The molecule has 8 nitrogen and oxygen atoms in total. The molecule has 0 radical (unpaired) electrons. The van der Waals surface area contributed by atoms with Crippen LogP contribution in [-0.2, 0) is 0 Å². The van der Waals surface area contributed by atoms with Gasteiger partial charge in [-0.1, -0.05) is 6.07 Å². The number of nitro benzene ring substituents is 1. The molecule has 0 aliphatic heterocycles. The van der Waals surface area contributed by atoms with E-state index in [0.29, 0.717) is 0 Å². The van der Waals surface area contributed by atoms with Gasteiger partial charge in [0.2, 0.25) is 0 Å². The van der Waals surface area contributed by atoms with Crippen molar-refractivity contribution in [3.63, 3.8) is 0 Å². The van der Waals surface area contributed by atoms with Crippen molar-refractivity contribution in [1.82, 2.24) is 4.90 Å². The minimum atomic E-state index is -0.624. The Labute approximate surface area is 109 Å². The van der Waals surface area contributed by atoms with Crippen LogP contribution in [0.4, 0.5) is 11.4 Å². The molecule has 100 valence electrons. The van der Waals surface area contributed by atoms with Gasteiger partial charge in [-0.2, -0.15) is 5.26 Å². The lowest BCUT2D eigenvalue weighted by Gasteiger charge is -2.17. The van der Waals surface area contributed by atoms with Gasteiger partial charge in [0.05, 0.1) is 23.0 Å². The maximum Gasteiger partial charge on any atom is 0.294 e. The summed E-state index contributed by atoms with van der Waals surface area (Å²) in [6, 6.07) is 6.02. The number of anilines is 1. The number of nitriles is 1. The molecule has 0 bridgehead atoms. The van der Waals surface area contributed by atoms with Crippen LogP contribution in [0.25, 0.3) is 0 Å². The number of nitrogen functional groups attached to an aromatic ring is 1. The first-order chi connectivity index (χ1) is 9.02. The van der Waals surface area contributed by atoms with E-state index in [1.54, 1.807) is 0 Å². The first kappa shape index (κ1) is 14.4. The number of hydrazine groups is 1. The van der Waals surface area contributed by atoms with Gasteiger partial charge in [0.15, 0.2) is 0 Å². The predicted octanol–water partition coefficient (Wildman–Crippen LogP) is 0.866. The van der Waals surface area contributed by atoms with Gasteiger partial charge in [-0.25, -0.2) is 0 Å². The summed E-state index contributed by atoms with van der Waals surface area (Å²) in [6.45, 7) is 0.238. The summed E-state index contributed by atoms with van der Waals surface area (Å²) >= 11 is 0. The SMILES string of the molecule is CN(CCC#N)C(=O)c1cccc([N+](=O)[O-])c1NN. The number of nitrogens with two attached hydrogens (primary N) is 1. The molecular formula is C11H13N5O3. The van der Waals surface area contributed by atoms with Gasteiger partial charge in [-0.15, -0.1) is 0 Å². The van der Waals surface area contributed by atoms with Crippen molar-refractivity contribution in [3.05, 3.63) is 33.9 Å². The lowest BCUT2D eigenvalue weighted by atomic mass is 10.1. The fourth-order valence-corrected chi connectivity index (χ4v) is 1.55. The van der Waals surface area contributed by atoms with Crippen LogP contribution < -0.4 is 11.3 Å². The van der Waals surface area contributed by atoms with Gasteiger partial charge in [-0.3, -0.25) is 20.8 Å². The molecule has 0 unspecified atom stereocenters. The summed E-state index contributed by atoms with van der Waals surface area (Å²) in [5.41, 5.74) is 1.96. The third kappa shape index (κ3) is 3.17. The fraction of sp³-hybridized carbons (Fsp3) is 0.273. The summed E-state index contributed by atoms with van der Waals surface area (Å²) in [5, 5.41) is 19.3. The summed E-state index contributed by atoms with van der Waals surface area (Å²) in [5.74, 6) is 4.81. The smallest absolute Gasteiger partial charge is 0.294 e. The van der Waals surface area contributed by atoms with E-state index in [4.69, 9.17) is 11.1 Å². The maximum absolute atomic E-state index is 12.1. The quantitative estimate of drug-likeness (QED) is 0.461. The van der Waals surface area contributed by atoms with Crippen LogP contribution in [0.1, 0.15) is 16.8 Å². The highest BCUT2D eigenvalue weighted by atomic mass is 16.6. The Kier molecular flexibility index (Phi) is 4.79. The standard InChI is InChI=1S/C11H13N5O3/c1-15(7-3-6-12)11(17)8-4-2-5-9(16(18)19)10(8)14-13/h2,4-5,14H,3,7,13H2,1H3. The number of amides is 1. The molecule has 0 spiro atoms. The van der Waals surface area contributed by atoms with Crippen molar-refractivity contribution in [2.24, 2.45) is 5.84 Å². The highest BCUT2D eigenvalue weighted by Gasteiger charge is 2.22. The molecule has 3 N–H and O–H groups in total. The third-order valence-corrected chi connectivity index (χ3v) is 2.52. The minimum absolute atomic E-state index is 0.0405. The van der Waals surface area contributed by atoms with E-state index < -0.39 is 10.8 Å². The molecule has 1 aromatic carbocycles. The largest absolute Gasteiger partial charge is 0.341 e. The van der Waals surface area contributed by atoms with Crippen molar-refractivity contribution in [1.29, 1.82) is 5.26 Å². The molecule has 0 aliphatic carbocycles. The van der Waals surface area contributed by atoms with Gasteiger partial charge in [0.1, 0.15) is 5.69 Å². The average Bonchev–Trinajstić information content (AvgIpc) is 2.42. The van der Waals surface area contributed by atoms with E-state index in [9.17, 15) is 14.9 Å². The molecule has 0 saturated carbocycles. The number of hydrogen-bond donors (Lipinski definition) is 2. The zero-order valence-corrected chi connectivity index (χ0v) is 10.3. The van der Waals surface area contributed by atoms with Gasteiger partial charge >= 0.3 is 0 Å². The Morgan fingerprint density at radius 2 is 2.32 bits per heavy atom. The van der Waals surface area contributed by atoms with E-state index in [0.717, 1.165) is 0 Å². The van der Waals surface area contributed by atoms with Crippen molar-refractivity contribution in [2.75, 3.05) is 19.0 Å². The molecule has 0 atom stereocenters. The molecule has 19 heavy (non-hydrogen) atoms. The van der Waals surface area contributed by atoms with E-state index >= 15 is 0 Å². The summed E-state index contributed by atoms with van der Waals surface area (Å²) in [7, 11) is 1.51. The zero-order valence-electron chi connectivity index (χ0n) is 10.3. The lowest BCUT2D eigenvalue weighted by Crippen LogP contribution is -2.29. The Balaban J connectivity index is 3.13. The Hall–Kier alpha value is -2.66. The van der Waals surface area contributed by atoms with Crippen molar-refractivity contribution in [2.45, 2.75) is 6.42 Å². The first-order valence-electron chi connectivity index (χ1n) is 5.39. The summed E-state index contributed by atoms with van der Waals surface area (Å²) < 4.78 is 0. The maximum atomic E-state index is 12.1. The van der Waals surface area contributed by atoms with E-state index in [2.05, 4.69) is 5.43 Å². The number of para-hydroxylation sites is 1. The second kappa shape index (κ2) is 6.32. The molecule has 0 heterocycles. The van der Waals surface area contributed by atoms with Gasteiger partial charge in [-0.05, 0) is 6.07 Å². The summed E-state index contributed by atoms with van der Waals surface area (Å²) in [6.07, 6.45) is 0.183. The molecular weight excluding hydrogens is 250 g/mol. The molecule has 0 aromatic heterocycles. The molecule has 1 aromatic rings. The van der Waals surface area contributed by atoms with Crippen LogP contribution in [0.3, 0.4) is 0 Å². The second-order valence-electron chi connectivity index (χ2n) is 3.74. The predicted molar refractivity (Wildman–Crippen MR) is 68.1 cm³/mol. The Morgan fingerprint density at radius 1 is 1.63 bits per heavy atom. The monoisotopic (exact) mass is 263 g/mol. The molecule has 0 aliphatic rings. The van der Waals surface area contributed by atoms with Gasteiger partial charge in [0.25, 0.3) is 11.6 Å². The molecule has 1 amide bonds. The first-order valence-corrected chi connectivity index (χ1v) is 5.39. The fourth-order valence-electron chi connectivity index (χ4n) is 1.55. The number of benzene rings is 1. The highest BCUT2D eigenvalue weighted by Crippen LogP contribution is 2.28. The highest BCUT2D eigenvalue weighted by molar-refractivity contribution is 6.01. The number of nitrogens with zero attached hydrogens (tertiary/aromatic N) is 3. The number of nitro groups is 1. The van der Waals surface area contributed by atoms with Gasteiger partial charge in [0, 0.05) is 19.7 Å². The number of carbonyl (C=O) groups is 1. The van der Waals surface area contributed by atoms with Crippen LogP contribution in [0.15, 0.2) is 18.2 Å². The van der Waals surface area contributed by atoms with E-state index in [1.807, 2.05) is 6.07 Å². The minimum Gasteiger partial charge on any atom is -0.341 e. The van der Waals surface area contributed by atoms with Gasteiger partial charge < -0.3 is 10.3 Å². The van der Waals surface area contributed by atoms with E-state index in [1.165, 1.54) is 30.1 Å². The molecule has 0 fully saturated rings. The van der Waals surface area contributed by atoms with Crippen molar-refractivity contribution in [3.8, 4) is 6.07 Å². The van der Waals surface area contributed by atoms with Crippen molar-refractivity contribution < 1.29 is 9.72 Å². The van der Waals surface area contributed by atoms with Crippen LogP contribution in [0.5, 0.6) is 0 Å². The number of rotatable bonds is 5. The molecule has 0 saturated heterocycles. The summed E-state index contributed by atoms with van der Waals surface area (Å²) in [4.78, 5) is 23.6. The number of hydrogen-bond acceptors (Lipinski definition) is 6.